The molecule has 0 saturated heterocycles. The summed E-state index contributed by atoms with van der Waals surface area (Å²) in [6.07, 6.45) is 0. The summed E-state index contributed by atoms with van der Waals surface area (Å²) in [5, 5.41) is 5.05. The Balaban J connectivity index is 2.23. The number of halogens is 3. The summed E-state index contributed by atoms with van der Waals surface area (Å²) in [5.41, 5.74) is 0.937. The zero-order valence-corrected chi connectivity index (χ0v) is 11.3. The van der Waals surface area contributed by atoms with Gasteiger partial charge in [-0.05, 0) is 30.3 Å². The van der Waals surface area contributed by atoms with Crippen LogP contribution in [0.1, 0.15) is 10.4 Å². The van der Waals surface area contributed by atoms with Crippen LogP contribution < -0.4 is 10.6 Å². The van der Waals surface area contributed by atoms with Crippen LogP contribution in [0.4, 0.5) is 20.2 Å². The minimum Gasteiger partial charge on any atom is -0.388 e. The Hall–Kier alpha value is -2.14. The van der Waals surface area contributed by atoms with Gasteiger partial charge in [0, 0.05) is 24.4 Å². The van der Waals surface area contributed by atoms with Crippen molar-refractivity contribution in [3.8, 4) is 0 Å². The van der Waals surface area contributed by atoms with Gasteiger partial charge in [-0.15, -0.1) is 0 Å². The van der Waals surface area contributed by atoms with Gasteiger partial charge < -0.3 is 10.6 Å². The number of benzene rings is 2. The van der Waals surface area contributed by atoms with Gasteiger partial charge in [0.1, 0.15) is 5.82 Å². The number of hydrogen-bond donors (Lipinski definition) is 2. The van der Waals surface area contributed by atoms with Gasteiger partial charge in [0.15, 0.2) is 5.82 Å². The molecule has 2 aromatic rings. The van der Waals surface area contributed by atoms with Gasteiger partial charge in [0.2, 0.25) is 0 Å². The Kier molecular flexibility index (Phi) is 4.20. The SMILES string of the molecule is CNc1ccc(C(=O)Nc2c(F)cc(F)cc2Cl)cc1. The lowest BCUT2D eigenvalue weighted by atomic mass is 10.2. The van der Waals surface area contributed by atoms with E-state index in [4.69, 9.17) is 11.6 Å². The predicted octanol–water partition coefficient (Wildman–Crippen LogP) is 3.91. The van der Waals surface area contributed by atoms with Crippen molar-refractivity contribution in [1.29, 1.82) is 0 Å². The fraction of sp³-hybridized carbons (Fsp3) is 0.0714. The molecule has 0 fully saturated rings. The van der Waals surface area contributed by atoms with Crippen LogP contribution in [0, 0.1) is 11.6 Å². The Morgan fingerprint density at radius 3 is 2.35 bits per heavy atom. The topological polar surface area (TPSA) is 41.1 Å². The Bertz CT molecular complexity index is 621. The molecule has 20 heavy (non-hydrogen) atoms. The predicted molar refractivity (Wildman–Crippen MR) is 75.3 cm³/mol. The number of anilines is 2. The highest BCUT2D eigenvalue weighted by Crippen LogP contribution is 2.26. The molecule has 2 rings (SSSR count). The first kappa shape index (κ1) is 14.3. The highest BCUT2D eigenvalue weighted by Gasteiger charge is 2.14. The summed E-state index contributed by atoms with van der Waals surface area (Å²) >= 11 is 5.71. The van der Waals surface area contributed by atoms with E-state index in [1.54, 1.807) is 31.3 Å². The standard InChI is InChI=1S/C14H11ClF2N2O/c1-18-10-4-2-8(3-5-10)14(20)19-13-11(15)6-9(16)7-12(13)17/h2-7,18H,1H3,(H,19,20). The smallest absolute Gasteiger partial charge is 0.255 e. The summed E-state index contributed by atoms with van der Waals surface area (Å²) in [4.78, 5) is 12.0. The van der Waals surface area contributed by atoms with E-state index in [9.17, 15) is 13.6 Å². The van der Waals surface area contributed by atoms with E-state index in [1.165, 1.54) is 0 Å². The Morgan fingerprint density at radius 2 is 1.80 bits per heavy atom. The van der Waals surface area contributed by atoms with Crippen LogP contribution in [0.2, 0.25) is 5.02 Å². The molecule has 0 aliphatic heterocycles. The molecule has 0 aliphatic rings. The van der Waals surface area contributed by atoms with Crippen molar-refractivity contribution in [3.05, 3.63) is 58.6 Å². The zero-order chi connectivity index (χ0) is 14.7. The average molecular weight is 297 g/mol. The van der Waals surface area contributed by atoms with Gasteiger partial charge >= 0.3 is 0 Å². The summed E-state index contributed by atoms with van der Waals surface area (Å²) in [6.45, 7) is 0. The Morgan fingerprint density at radius 1 is 1.15 bits per heavy atom. The molecule has 6 heteroatoms. The number of rotatable bonds is 3. The van der Waals surface area contributed by atoms with E-state index < -0.39 is 17.5 Å². The molecule has 104 valence electrons. The van der Waals surface area contributed by atoms with Crippen LogP contribution >= 0.6 is 11.6 Å². The van der Waals surface area contributed by atoms with Crippen molar-refractivity contribution in [2.45, 2.75) is 0 Å². The molecule has 0 bridgehead atoms. The molecule has 0 heterocycles. The number of hydrogen-bond acceptors (Lipinski definition) is 2. The lowest BCUT2D eigenvalue weighted by molar-refractivity contribution is 0.102. The first-order valence-corrected chi connectivity index (χ1v) is 6.13. The number of carbonyl (C=O) groups is 1. The normalized spacial score (nSPS) is 10.2. The molecule has 0 atom stereocenters. The molecular formula is C14H11ClF2N2O. The molecule has 2 N–H and O–H groups in total. The van der Waals surface area contributed by atoms with Crippen molar-refractivity contribution in [2.24, 2.45) is 0 Å². The van der Waals surface area contributed by atoms with E-state index in [-0.39, 0.29) is 10.7 Å². The summed E-state index contributed by atoms with van der Waals surface area (Å²) < 4.78 is 26.5. The third-order valence-corrected chi connectivity index (χ3v) is 2.98. The van der Waals surface area contributed by atoms with Crippen LogP contribution in [-0.4, -0.2) is 13.0 Å². The minimum absolute atomic E-state index is 0.192. The highest BCUT2D eigenvalue weighted by molar-refractivity contribution is 6.34. The highest BCUT2D eigenvalue weighted by atomic mass is 35.5. The maximum absolute atomic E-state index is 13.6. The molecule has 0 radical (unpaired) electrons. The number of amides is 1. The third-order valence-electron chi connectivity index (χ3n) is 2.68. The first-order valence-electron chi connectivity index (χ1n) is 5.75. The van der Waals surface area contributed by atoms with Gasteiger partial charge in [-0.25, -0.2) is 8.78 Å². The van der Waals surface area contributed by atoms with Crippen LogP contribution in [0.15, 0.2) is 36.4 Å². The molecular weight excluding hydrogens is 286 g/mol. The van der Waals surface area contributed by atoms with Gasteiger partial charge in [-0.2, -0.15) is 0 Å². The van der Waals surface area contributed by atoms with Gasteiger partial charge in [0.05, 0.1) is 10.7 Å². The largest absolute Gasteiger partial charge is 0.388 e. The quantitative estimate of drug-likeness (QED) is 0.901. The van der Waals surface area contributed by atoms with Crippen LogP contribution in [0.5, 0.6) is 0 Å². The van der Waals surface area contributed by atoms with Gasteiger partial charge in [0.25, 0.3) is 5.91 Å². The summed E-state index contributed by atoms with van der Waals surface area (Å²) in [7, 11) is 1.75. The lowest BCUT2D eigenvalue weighted by Gasteiger charge is -2.09. The van der Waals surface area contributed by atoms with Gasteiger partial charge in [-0.3, -0.25) is 4.79 Å². The number of nitrogens with one attached hydrogen (secondary N) is 2. The van der Waals surface area contributed by atoms with Crippen molar-refractivity contribution >= 4 is 28.9 Å². The summed E-state index contributed by atoms with van der Waals surface area (Å²) in [6, 6.07) is 8.16. The van der Waals surface area contributed by atoms with E-state index >= 15 is 0 Å². The van der Waals surface area contributed by atoms with E-state index in [0.29, 0.717) is 11.6 Å². The van der Waals surface area contributed by atoms with Crippen LogP contribution in [-0.2, 0) is 0 Å². The molecule has 2 aromatic carbocycles. The maximum atomic E-state index is 13.6. The second-order valence-corrected chi connectivity index (χ2v) is 4.43. The van der Waals surface area contributed by atoms with E-state index in [0.717, 1.165) is 11.8 Å². The maximum Gasteiger partial charge on any atom is 0.255 e. The fourth-order valence-corrected chi connectivity index (χ4v) is 1.88. The molecule has 0 spiro atoms. The molecule has 0 aliphatic carbocycles. The molecule has 0 unspecified atom stereocenters. The second-order valence-electron chi connectivity index (χ2n) is 4.03. The first-order chi connectivity index (χ1) is 9.51. The molecule has 1 amide bonds. The monoisotopic (exact) mass is 296 g/mol. The fourth-order valence-electron chi connectivity index (χ4n) is 1.64. The molecule has 0 saturated carbocycles. The molecule has 0 aromatic heterocycles. The minimum atomic E-state index is -0.921. The lowest BCUT2D eigenvalue weighted by Crippen LogP contribution is -2.13. The van der Waals surface area contributed by atoms with E-state index in [1.807, 2.05) is 0 Å². The number of carbonyl (C=O) groups excluding carboxylic acids is 1. The third kappa shape index (κ3) is 3.05. The van der Waals surface area contributed by atoms with Gasteiger partial charge in [-0.1, -0.05) is 11.6 Å². The average Bonchev–Trinajstić information content (AvgIpc) is 2.42. The van der Waals surface area contributed by atoms with Crippen LogP contribution in [0.25, 0.3) is 0 Å². The van der Waals surface area contributed by atoms with Crippen molar-refractivity contribution < 1.29 is 13.6 Å². The van der Waals surface area contributed by atoms with Crippen molar-refractivity contribution in [2.75, 3.05) is 17.7 Å². The van der Waals surface area contributed by atoms with Crippen LogP contribution in [0.3, 0.4) is 0 Å². The van der Waals surface area contributed by atoms with E-state index in [2.05, 4.69) is 10.6 Å². The summed E-state index contributed by atoms with van der Waals surface area (Å²) in [5.74, 6) is -2.25. The second kappa shape index (κ2) is 5.88. The van der Waals surface area contributed by atoms with Crippen molar-refractivity contribution in [1.82, 2.24) is 0 Å². The Labute approximate surface area is 119 Å². The van der Waals surface area contributed by atoms with Crippen molar-refractivity contribution in [3.63, 3.8) is 0 Å². The zero-order valence-electron chi connectivity index (χ0n) is 10.5. The molecule has 3 nitrogen and oxygen atoms in total.